The van der Waals surface area contributed by atoms with Crippen LogP contribution in [0.2, 0.25) is 0 Å². The van der Waals surface area contributed by atoms with E-state index in [4.69, 9.17) is 0 Å². The van der Waals surface area contributed by atoms with E-state index < -0.39 is 0 Å². The number of benzene rings is 1. The quantitative estimate of drug-likeness (QED) is 0.707. The van der Waals surface area contributed by atoms with Crippen molar-refractivity contribution in [1.29, 1.82) is 0 Å². The molecule has 2 aliphatic rings. The normalized spacial score (nSPS) is 18.1. The maximum Gasteiger partial charge on any atom is 0.138 e. The zero-order valence-electron chi connectivity index (χ0n) is 8.37. The Balaban J connectivity index is 2.25. The fourth-order valence-corrected chi connectivity index (χ4v) is 2.37. The Morgan fingerprint density at radius 3 is 3.13 bits per heavy atom. The van der Waals surface area contributed by atoms with E-state index in [0.717, 1.165) is 40.5 Å². The SMILES string of the molecule is CC1=Nc2ccc(Br)cc2C2=NCCN12. The van der Waals surface area contributed by atoms with E-state index in [2.05, 4.69) is 36.9 Å². The molecule has 3 nitrogen and oxygen atoms in total. The fourth-order valence-electron chi connectivity index (χ4n) is 2.01. The smallest absolute Gasteiger partial charge is 0.138 e. The van der Waals surface area contributed by atoms with Crippen LogP contribution in [-0.4, -0.2) is 29.7 Å². The van der Waals surface area contributed by atoms with Crippen LogP contribution in [0.25, 0.3) is 0 Å². The van der Waals surface area contributed by atoms with Gasteiger partial charge >= 0.3 is 0 Å². The third-order valence-electron chi connectivity index (χ3n) is 2.71. The number of amidine groups is 2. The lowest BCUT2D eigenvalue weighted by atomic mass is 10.1. The summed E-state index contributed by atoms with van der Waals surface area (Å²) in [5.74, 6) is 2.11. The average Bonchev–Trinajstić information content (AvgIpc) is 2.69. The van der Waals surface area contributed by atoms with Crippen LogP contribution >= 0.6 is 15.9 Å². The van der Waals surface area contributed by atoms with Crippen molar-refractivity contribution in [2.75, 3.05) is 13.1 Å². The second-order valence-corrected chi connectivity index (χ2v) is 4.59. The van der Waals surface area contributed by atoms with E-state index in [1.54, 1.807) is 0 Å². The van der Waals surface area contributed by atoms with E-state index in [1.165, 1.54) is 0 Å². The minimum atomic E-state index is 0.869. The molecule has 0 aliphatic carbocycles. The molecule has 0 saturated heterocycles. The highest BCUT2D eigenvalue weighted by Gasteiger charge is 2.26. The summed E-state index contributed by atoms with van der Waals surface area (Å²) in [5, 5.41) is 0. The number of fused-ring (bicyclic) bond motifs is 3. The Bertz CT molecular complexity index is 491. The van der Waals surface area contributed by atoms with Crippen LogP contribution < -0.4 is 0 Å². The van der Waals surface area contributed by atoms with Crippen molar-refractivity contribution in [2.45, 2.75) is 6.92 Å². The molecule has 0 amide bonds. The lowest BCUT2D eigenvalue weighted by Crippen LogP contribution is -2.35. The van der Waals surface area contributed by atoms with Crippen LogP contribution in [0.15, 0.2) is 32.7 Å². The van der Waals surface area contributed by atoms with Crippen molar-refractivity contribution >= 4 is 33.3 Å². The summed E-state index contributed by atoms with van der Waals surface area (Å²) in [6.45, 7) is 3.86. The van der Waals surface area contributed by atoms with Gasteiger partial charge in [-0.2, -0.15) is 0 Å². The van der Waals surface area contributed by atoms with Gasteiger partial charge in [-0.3, -0.25) is 4.99 Å². The molecule has 0 bridgehead atoms. The van der Waals surface area contributed by atoms with Gasteiger partial charge in [0.15, 0.2) is 0 Å². The Morgan fingerprint density at radius 1 is 1.40 bits per heavy atom. The topological polar surface area (TPSA) is 28.0 Å². The minimum absolute atomic E-state index is 0.869. The van der Waals surface area contributed by atoms with Crippen LogP contribution in [0.5, 0.6) is 0 Å². The molecule has 0 saturated carbocycles. The van der Waals surface area contributed by atoms with Crippen LogP contribution in [-0.2, 0) is 0 Å². The van der Waals surface area contributed by atoms with Gasteiger partial charge in [0.1, 0.15) is 11.7 Å². The van der Waals surface area contributed by atoms with Gasteiger partial charge in [-0.05, 0) is 25.1 Å². The van der Waals surface area contributed by atoms with Gasteiger partial charge in [-0.15, -0.1) is 0 Å². The summed E-state index contributed by atoms with van der Waals surface area (Å²) in [6, 6.07) is 6.13. The molecular formula is C11H10BrN3. The second kappa shape index (κ2) is 3.17. The van der Waals surface area contributed by atoms with E-state index in [1.807, 2.05) is 19.1 Å². The number of halogens is 1. The lowest BCUT2D eigenvalue weighted by Gasteiger charge is -2.25. The van der Waals surface area contributed by atoms with Crippen LogP contribution in [0, 0.1) is 0 Å². The molecule has 1 aromatic rings. The molecule has 15 heavy (non-hydrogen) atoms. The minimum Gasteiger partial charge on any atom is -0.313 e. The van der Waals surface area contributed by atoms with Gasteiger partial charge in [-0.25, -0.2) is 4.99 Å². The molecule has 0 unspecified atom stereocenters. The standard InChI is InChI=1S/C11H10BrN3/c1-7-14-10-3-2-8(12)6-9(10)11-13-4-5-15(7)11/h2-3,6H,4-5H2,1H3. The number of hydrogen-bond donors (Lipinski definition) is 0. The van der Waals surface area contributed by atoms with Crippen molar-refractivity contribution in [2.24, 2.45) is 9.98 Å². The summed E-state index contributed by atoms with van der Waals surface area (Å²) in [6.07, 6.45) is 0. The summed E-state index contributed by atoms with van der Waals surface area (Å²) < 4.78 is 1.07. The predicted molar refractivity (Wildman–Crippen MR) is 65.0 cm³/mol. The molecular weight excluding hydrogens is 254 g/mol. The zero-order chi connectivity index (χ0) is 10.4. The molecule has 76 valence electrons. The first kappa shape index (κ1) is 9.09. The first-order chi connectivity index (χ1) is 7.25. The molecule has 0 aromatic heterocycles. The molecule has 0 N–H and O–H groups in total. The third-order valence-corrected chi connectivity index (χ3v) is 3.21. The largest absolute Gasteiger partial charge is 0.313 e. The number of hydrogen-bond acceptors (Lipinski definition) is 3. The Labute approximate surface area is 96.7 Å². The number of aliphatic imine (C=N–C) groups is 2. The first-order valence-electron chi connectivity index (χ1n) is 4.93. The van der Waals surface area contributed by atoms with E-state index in [0.29, 0.717) is 0 Å². The zero-order valence-corrected chi connectivity index (χ0v) is 9.95. The number of nitrogens with zero attached hydrogens (tertiary/aromatic N) is 3. The van der Waals surface area contributed by atoms with Crippen LogP contribution in [0.4, 0.5) is 5.69 Å². The van der Waals surface area contributed by atoms with Gasteiger partial charge in [-0.1, -0.05) is 15.9 Å². The molecule has 0 spiro atoms. The molecule has 1 aromatic carbocycles. The van der Waals surface area contributed by atoms with E-state index >= 15 is 0 Å². The van der Waals surface area contributed by atoms with Gasteiger partial charge in [0.25, 0.3) is 0 Å². The van der Waals surface area contributed by atoms with Gasteiger partial charge in [0, 0.05) is 16.6 Å². The van der Waals surface area contributed by atoms with Crippen molar-refractivity contribution in [3.8, 4) is 0 Å². The monoisotopic (exact) mass is 263 g/mol. The van der Waals surface area contributed by atoms with Crippen molar-refractivity contribution in [1.82, 2.24) is 4.90 Å². The second-order valence-electron chi connectivity index (χ2n) is 3.68. The molecule has 0 radical (unpaired) electrons. The highest BCUT2D eigenvalue weighted by molar-refractivity contribution is 9.10. The van der Waals surface area contributed by atoms with Crippen molar-refractivity contribution in [3.63, 3.8) is 0 Å². The third kappa shape index (κ3) is 1.32. The first-order valence-corrected chi connectivity index (χ1v) is 5.72. The molecule has 0 atom stereocenters. The Hall–Kier alpha value is -1.16. The van der Waals surface area contributed by atoms with E-state index in [9.17, 15) is 0 Å². The van der Waals surface area contributed by atoms with Gasteiger partial charge in [0.05, 0.1) is 12.2 Å². The molecule has 0 fully saturated rings. The molecule has 3 rings (SSSR count). The van der Waals surface area contributed by atoms with Gasteiger partial charge in [0.2, 0.25) is 0 Å². The summed E-state index contributed by atoms with van der Waals surface area (Å²) in [7, 11) is 0. The van der Waals surface area contributed by atoms with Crippen LogP contribution in [0.3, 0.4) is 0 Å². The maximum absolute atomic E-state index is 4.57. The van der Waals surface area contributed by atoms with Crippen molar-refractivity contribution < 1.29 is 0 Å². The van der Waals surface area contributed by atoms with Crippen LogP contribution in [0.1, 0.15) is 12.5 Å². The van der Waals surface area contributed by atoms with E-state index in [-0.39, 0.29) is 0 Å². The lowest BCUT2D eigenvalue weighted by molar-refractivity contribution is 0.657. The van der Waals surface area contributed by atoms with Gasteiger partial charge < -0.3 is 4.90 Å². The molecule has 2 heterocycles. The molecule has 4 heteroatoms. The molecule has 2 aliphatic heterocycles. The average molecular weight is 264 g/mol. The predicted octanol–water partition coefficient (Wildman–Crippen LogP) is 2.57. The van der Waals surface area contributed by atoms with Crippen molar-refractivity contribution in [3.05, 3.63) is 28.2 Å². The Morgan fingerprint density at radius 2 is 2.27 bits per heavy atom. The highest BCUT2D eigenvalue weighted by atomic mass is 79.9. The highest BCUT2D eigenvalue weighted by Crippen LogP contribution is 2.30. The number of rotatable bonds is 0. The fraction of sp³-hybridized carbons (Fsp3) is 0.273. The Kier molecular flexibility index (Phi) is 1.92. The summed E-state index contributed by atoms with van der Waals surface area (Å²) in [5.41, 5.74) is 2.15. The summed E-state index contributed by atoms with van der Waals surface area (Å²) in [4.78, 5) is 11.3. The summed E-state index contributed by atoms with van der Waals surface area (Å²) >= 11 is 3.48. The maximum atomic E-state index is 4.57.